The summed E-state index contributed by atoms with van der Waals surface area (Å²) in [6.45, 7) is 24.1. The molecule has 0 aromatic rings. The molecule has 0 bridgehead atoms. The number of hydrogen-bond donors (Lipinski definition) is 0. The molecule has 3 fully saturated rings. The quantitative estimate of drug-likeness (QED) is 0.122. The van der Waals surface area contributed by atoms with Gasteiger partial charge in [-0.3, -0.25) is 0 Å². The summed E-state index contributed by atoms with van der Waals surface area (Å²) in [5.41, 5.74) is 1.76. The van der Waals surface area contributed by atoms with Crippen molar-refractivity contribution in [3.05, 3.63) is 82.6 Å². The van der Waals surface area contributed by atoms with Crippen LogP contribution in [0.3, 0.4) is 0 Å². The van der Waals surface area contributed by atoms with Crippen molar-refractivity contribution in [2.24, 2.45) is 21.7 Å². The van der Waals surface area contributed by atoms with Crippen molar-refractivity contribution in [3.63, 3.8) is 0 Å². The monoisotopic (exact) mass is 578 g/mol. The Labute approximate surface area is 252 Å². The molecule has 3 aliphatic heterocycles. The Balaban J connectivity index is 1.60. The normalized spacial score (nSPS) is 34.0. The predicted octanol–water partition coefficient (Wildman–Crippen LogP) is 7.37. The Hall–Kier alpha value is -2.54. The second-order valence-corrected chi connectivity index (χ2v) is 13.5. The van der Waals surface area contributed by atoms with E-state index in [-0.39, 0.29) is 18.3 Å². The second kappa shape index (κ2) is 11.5. The lowest BCUT2D eigenvalue weighted by molar-refractivity contribution is 0.0624. The molecule has 6 nitrogen and oxygen atoms in total. The topological polar surface area (TPSA) is 65.3 Å². The fourth-order valence-corrected chi connectivity index (χ4v) is 6.53. The van der Waals surface area contributed by atoms with Crippen LogP contribution >= 0.6 is 0 Å². The summed E-state index contributed by atoms with van der Waals surface area (Å²) >= 11 is 0. The molecule has 0 spiro atoms. The number of rotatable bonds is 14. The van der Waals surface area contributed by atoms with Crippen LogP contribution < -0.4 is 0 Å². The average Bonchev–Trinajstić information content (AvgIpc) is 3.80. The van der Waals surface area contributed by atoms with E-state index < -0.39 is 21.7 Å². The highest BCUT2D eigenvalue weighted by molar-refractivity contribution is 5.47. The van der Waals surface area contributed by atoms with Gasteiger partial charge in [0.1, 0.15) is 55.4 Å². The summed E-state index contributed by atoms with van der Waals surface area (Å²) in [4.78, 5) is 0. The molecule has 3 heterocycles. The van der Waals surface area contributed by atoms with Gasteiger partial charge in [0.15, 0.2) is 0 Å². The minimum atomic E-state index is -0.452. The van der Waals surface area contributed by atoms with Crippen molar-refractivity contribution in [2.45, 2.75) is 80.6 Å². The van der Waals surface area contributed by atoms with Crippen LogP contribution in [0.25, 0.3) is 0 Å². The van der Waals surface area contributed by atoms with E-state index in [1.54, 1.807) is 0 Å². The van der Waals surface area contributed by atoms with E-state index in [9.17, 15) is 0 Å². The van der Waals surface area contributed by atoms with Crippen LogP contribution in [0.15, 0.2) is 82.6 Å². The molecule has 6 unspecified atom stereocenters. The summed E-state index contributed by atoms with van der Waals surface area (Å²) in [5, 5.41) is 0. The summed E-state index contributed by atoms with van der Waals surface area (Å²) in [6.07, 6.45) is 18.0. The van der Waals surface area contributed by atoms with Crippen molar-refractivity contribution in [1.82, 2.24) is 0 Å². The smallest absolute Gasteiger partial charge is 0.119 e. The molecule has 2 aliphatic carbocycles. The van der Waals surface area contributed by atoms with Crippen molar-refractivity contribution in [3.8, 4) is 0 Å². The highest BCUT2D eigenvalue weighted by Gasteiger charge is 2.54. The summed E-state index contributed by atoms with van der Waals surface area (Å²) in [7, 11) is 0. The first kappa shape index (κ1) is 30.9. The SMILES string of the molecule is C/C=C\C(C)(/C(C)=C(/OCC1CO1)C(C)(C)C1(C)C=CC=CC(OCC2CO2)=C1C)C1(C)C=CC(C)=C1OCC1CO1. The van der Waals surface area contributed by atoms with Crippen LogP contribution in [-0.4, -0.2) is 58.0 Å². The molecule has 0 saturated carbocycles. The maximum Gasteiger partial charge on any atom is 0.119 e. The van der Waals surface area contributed by atoms with Gasteiger partial charge in [-0.1, -0.05) is 70.2 Å². The van der Waals surface area contributed by atoms with Gasteiger partial charge in [0, 0.05) is 16.2 Å². The van der Waals surface area contributed by atoms with Crippen LogP contribution in [-0.2, 0) is 28.4 Å². The van der Waals surface area contributed by atoms with E-state index in [2.05, 4.69) is 111 Å². The fourth-order valence-electron chi connectivity index (χ4n) is 6.53. The summed E-state index contributed by atoms with van der Waals surface area (Å²) < 4.78 is 36.2. The molecule has 0 N–H and O–H groups in total. The van der Waals surface area contributed by atoms with E-state index in [1.807, 2.05) is 0 Å². The van der Waals surface area contributed by atoms with Crippen molar-refractivity contribution in [2.75, 3.05) is 39.6 Å². The zero-order chi connectivity index (χ0) is 30.3. The Bertz CT molecular complexity index is 1270. The minimum Gasteiger partial charge on any atom is -0.495 e. The standard InChI is InChI=1S/C36H50O6/c1-10-15-35(8,36(9)17-14-24(2)31(36)41-22-28-19-38-28)26(4)32(42-23-29-20-39-29)33(5,6)34(7)16-12-11-13-30(25(34)3)40-21-27-18-37-27/h10-17,27-29H,18-23H2,1-9H3/b15-10-,32-26+. The van der Waals surface area contributed by atoms with Crippen LogP contribution in [0.1, 0.15) is 62.3 Å². The Kier molecular flexibility index (Phi) is 8.47. The van der Waals surface area contributed by atoms with Crippen LogP contribution in [0.5, 0.6) is 0 Å². The molecule has 6 heteroatoms. The third-order valence-electron chi connectivity index (χ3n) is 10.5. The largest absolute Gasteiger partial charge is 0.495 e. The predicted molar refractivity (Wildman–Crippen MR) is 166 cm³/mol. The fraction of sp³-hybridized carbons (Fsp3) is 0.611. The Morgan fingerprint density at radius 1 is 0.881 bits per heavy atom. The molecule has 230 valence electrons. The first-order valence-corrected chi connectivity index (χ1v) is 15.4. The highest BCUT2D eigenvalue weighted by atomic mass is 16.6. The number of hydrogen-bond acceptors (Lipinski definition) is 6. The minimum absolute atomic E-state index is 0.131. The third kappa shape index (κ3) is 5.70. The van der Waals surface area contributed by atoms with Crippen LogP contribution in [0.2, 0.25) is 0 Å². The van der Waals surface area contributed by atoms with Gasteiger partial charge in [0.25, 0.3) is 0 Å². The maximum atomic E-state index is 6.89. The van der Waals surface area contributed by atoms with Crippen LogP contribution in [0, 0.1) is 21.7 Å². The molecule has 6 atom stereocenters. The molecule has 42 heavy (non-hydrogen) atoms. The van der Waals surface area contributed by atoms with Gasteiger partial charge in [-0.05, 0) is 57.4 Å². The molecular formula is C36H50O6. The molecule has 0 amide bonds. The maximum absolute atomic E-state index is 6.89. The molecular weight excluding hydrogens is 528 g/mol. The Morgan fingerprint density at radius 3 is 2.07 bits per heavy atom. The zero-order valence-electron chi connectivity index (χ0n) is 27.0. The van der Waals surface area contributed by atoms with Gasteiger partial charge < -0.3 is 28.4 Å². The molecule has 0 aromatic carbocycles. The summed E-state index contributed by atoms with van der Waals surface area (Å²) in [5.74, 6) is 2.87. The molecule has 3 saturated heterocycles. The third-order valence-corrected chi connectivity index (χ3v) is 10.5. The van der Waals surface area contributed by atoms with Gasteiger partial charge in [-0.15, -0.1) is 0 Å². The lowest BCUT2D eigenvalue weighted by Crippen LogP contribution is -2.43. The second-order valence-electron chi connectivity index (χ2n) is 13.5. The lowest BCUT2D eigenvalue weighted by Gasteiger charge is -2.49. The van der Waals surface area contributed by atoms with Crippen molar-refractivity contribution >= 4 is 0 Å². The summed E-state index contributed by atoms with van der Waals surface area (Å²) in [6, 6.07) is 0. The molecule has 0 radical (unpaired) electrons. The number of epoxide rings is 3. The first-order valence-electron chi connectivity index (χ1n) is 15.4. The van der Waals surface area contributed by atoms with Gasteiger partial charge in [-0.25, -0.2) is 0 Å². The Morgan fingerprint density at radius 2 is 1.48 bits per heavy atom. The van der Waals surface area contributed by atoms with E-state index in [0.29, 0.717) is 19.8 Å². The van der Waals surface area contributed by atoms with E-state index in [0.717, 1.165) is 42.7 Å². The van der Waals surface area contributed by atoms with E-state index >= 15 is 0 Å². The van der Waals surface area contributed by atoms with Gasteiger partial charge in [0.2, 0.25) is 0 Å². The van der Waals surface area contributed by atoms with Crippen molar-refractivity contribution in [1.29, 1.82) is 0 Å². The molecule has 0 aromatic heterocycles. The lowest BCUT2D eigenvalue weighted by atomic mass is 9.56. The van der Waals surface area contributed by atoms with Crippen molar-refractivity contribution < 1.29 is 28.4 Å². The zero-order valence-corrected chi connectivity index (χ0v) is 27.0. The van der Waals surface area contributed by atoms with E-state index in [1.165, 1.54) is 11.1 Å². The van der Waals surface area contributed by atoms with Gasteiger partial charge in [-0.2, -0.15) is 0 Å². The number of ether oxygens (including phenoxy) is 6. The van der Waals surface area contributed by atoms with Crippen LogP contribution in [0.4, 0.5) is 0 Å². The number of allylic oxidation sites excluding steroid dienone is 12. The first-order chi connectivity index (χ1) is 19.9. The molecule has 5 rings (SSSR count). The molecule has 5 aliphatic rings. The highest BCUT2D eigenvalue weighted by Crippen LogP contribution is 2.60. The van der Waals surface area contributed by atoms with Gasteiger partial charge in [0.05, 0.1) is 25.2 Å². The average molecular weight is 579 g/mol. The van der Waals surface area contributed by atoms with Gasteiger partial charge >= 0.3 is 0 Å². The van der Waals surface area contributed by atoms with E-state index in [4.69, 9.17) is 28.4 Å².